The van der Waals surface area contributed by atoms with E-state index in [-0.39, 0.29) is 30.4 Å². The number of carbonyl (C=O) groups excluding carboxylic acids is 2. The molecular weight excluding hydrogens is 311 g/mol. The molecule has 4 nitrogen and oxygen atoms in total. The highest BCUT2D eigenvalue weighted by atomic mass is 19.4. The number of rotatable bonds is 5. The first-order valence-electron chi connectivity index (χ1n) is 7.39. The van der Waals surface area contributed by atoms with Crippen molar-refractivity contribution in [1.82, 2.24) is 5.32 Å². The van der Waals surface area contributed by atoms with E-state index in [0.29, 0.717) is 12.0 Å². The third-order valence-corrected chi connectivity index (χ3v) is 4.05. The zero-order valence-electron chi connectivity index (χ0n) is 12.6. The summed E-state index contributed by atoms with van der Waals surface area (Å²) >= 11 is 0. The van der Waals surface area contributed by atoms with Crippen molar-refractivity contribution in [3.8, 4) is 0 Å². The zero-order valence-corrected chi connectivity index (χ0v) is 12.6. The molecule has 126 valence electrons. The molecule has 0 unspecified atom stereocenters. The topological polar surface area (TPSA) is 66.4 Å². The molecule has 2 N–H and O–H groups in total. The number of carbonyl (C=O) groups is 2. The molecule has 0 heterocycles. The molecule has 2 atom stereocenters. The van der Waals surface area contributed by atoms with Gasteiger partial charge < -0.3 is 10.4 Å². The smallest absolute Gasteiger partial charge is 0.386 e. The summed E-state index contributed by atoms with van der Waals surface area (Å²) in [5.74, 6) is -0.639. The van der Waals surface area contributed by atoms with E-state index in [4.69, 9.17) is 0 Å². The summed E-state index contributed by atoms with van der Waals surface area (Å²) in [6.45, 7) is 1.75. The maximum absolute atomic E-state index is 12.5. The standard InChI is InChI=1S/C16H18F3NO3/c1-2-13(20-15(23)10-7-12(21)8-10)14(22)9-3-5-11(6-4-9)16(17,18)19/h3-6,10,13-14,22H,2,7-8H2,1H3,(H,20,23)/t13-,14+/m1/s1. The fourth-order valence-corrected chi connectivity index (χ4v) is 2.48. The van der Waals surface area contributed by atoms with Gasteiger partial charge in [-0.25, -0.2) is 0 Å². The van der Waals surface area contributed by atoms with Gasteiger partial charge in [-0.3, -0.25) is 9.59 Å². The van der Waals surface area contributed by atoms with E-state index in [1.54, 1.807) is 6.92 Å². The number of halogens is 3. The van der Waals surface area contributed by atoms with E-state index in [1.165, 1.54) is 12.1 Å². The highest BCUT2D eigenvalue weighted by molar-refractivity contribution is 5.96. The highest BCUT2D eigenvalue weighted by Gasteiger charge is 2.35. The summed E-state index contributed by atoms with van der Waals surface area (Å²) in [6, 6.07) is 3.59. The van der Waals surface area contributed by atoms with Crippen molar-refractivity contribution >= 4 is 11.7 Å². The Morgan fingerprint density at radius 2 is 1.87 bits per heavy atom. The van der Waals surface area contributed by atoms with Crippen molar-refractivity contribution in [2.24, 2.45) is 5.92 Å². The van der Waals surface area contributed by atoms with Crippen molar-refractivity contribution in [2.45, 2.75) is 44.5 Å². The van der Waals surface area contributed by atoms with Gasteiger partial charge in [0.15, 0.2) is 0 Å². The van der Waals surface area contributed by atoms with Crippen LogP contribution < -0.4 is 5.32 Å². The Morgan fingerprint density at radius 3 is 2.30 bits per heavy atom. The Kier molecular flexibility index (Phi) is 5.09. The average molecular weight is 329 g/mol. The summed E-state index contributed by atoms with van der Waals surface area (Å²) in [5, 5.41) is 13.0. The molecule has 1 saturated carbocycles. The largest absolute Gasteiger partial charge is 0.416 e. The SMILES string of the molecule is CC[C@@H](NC(=O)C1CC(=O)C1)[C@@H](O)c1ccc(C(F)(F)F)cc1. The molecule has 1 fully saturated rings. The Morgan fingerprint density at radius 1 is 1.30 bits per heavy atom. The number of hydrogen-bond acceptors (Lipinski definition) is 3. The van der Waals surface area contributed by atoms with Crippen LogP contribution in [0.15, 0.2) is 24.3 Å². The van der Waals surface area contributed by atoms with Gasteiger partial charge in [-0.1, -0.05) is 19.1 Å². The van der Waals surface area contributed by atoms with Gasteiger partial charge in [0.1, 0.15) is 5.78 Å². The third kappa shape index (κ3) is 4.10. The van der Waals surface area contributed by atoms with E-state index >= 15 is 0 Å². The van der Waals surface area contributed by atoms with Crippen LogP contribution in [-0.2, 0) is 15.8 Å². The number of hydrogen-bond donors (Lipinski definition) is 2. The van der Waals surface area contributed by atoms with Gasteiger partial charge in [0.25, 0.3) is 0 Å². The molecule has 0 aliphatic heterocycles. The van der Waals surface area contributed by atoms with Crippen molar-refractivity contribution < 1.29 is 27.9 Å². The van der Waals surface area contributed by atoms with Crippen LogP contribution in [0.1, 0.15) is 43.4 Å². The van der Waals surface area contributed by atoms with Crippen LogP contribution in [-0.4, -0.2) is 22.8 Å². The second-order valence-electron chi connectivity index (χ2n) is 5.73. The van der Waals surface area contributed by atoms with Crippen LogP contribution in [0.2, 0.25) is 0 Å². The maximum Gasteiger partial charge on any atom is 0.416 e. The molecule has 2 rings (SSSR count). The number of amides is 1. The van der Waals surface area contributed by atoms with Crippen molar-refractivity contribution in [2.75, 3.05) is 0 Å². The molecule has 23 heavy (non-hydrogen) atoms. The number of ketones is 1. The van der Waals surface area contributed by atoms with Crippen molar-refractivity contribution in [3.63, 3.8) is 0 Å². The number of aliphatic hydroxyl groups is 1. The quantitative estimate of drug-likeness (QED) is 0.873. The number of alkyl halides is 3. The predicted octanol–water partition coefficient (Wildman–Crippen LogP) is 2.61. The lowest BCUT2D eigenvalue weighted by Crippen LogP contribution is -2.45. The molecule has 0 aromatic heterocycles. The minimum absolute atomic E-state index is 0.0292. The van der Waals surface area contributed by atoms with Gasteiger partial charge in [0.2, 0.25) is 5.91 Å². The minimum atomic E-state index is -4.43. The molecule has 1 aliphatic rings. The van der Waals surface area contributed by atoms with Gasteiger partial charge in [-0.2, -0.15) is 13.2 Å². The van der Waals surface area contributed by atoms with Gasteiger partial charge in [-0.05, 0) is 24.1 Å². The minimum Gasteiger partial charge on any atom is -0.386 e. The Bertz CT molecular complexity index is 575. The van der Waals surface area contributed by atoms with E-state index < -0.39 is 23.9 Å². The highest BCUT2D eigenvalue weighted by Crippen LogP contribution is 2.31. The summed E-state index contributed by atoms with van der Waals surface area (Å²) < 4.78 is 37.6. The second-order valence-corrected chi connectivity index (χ2v) is 5.73. The Hall–Kier alpha value is -1.89. The van der Waals surface area contributed by atoms with Crippen molar-refractivity contribution in [3.05, 3.63) is 35.4 Å². The van der Waals surface area contributed by atoms with Gasteiger partial charge in [0, 0.05) is 12.8 Å². The van der Waals surface area contributed by atoms with Gasteiger partial charge >= 0.3 is 6.18 Å². The number of Topliss-reactive ketones (excluding diaryl/α,β-unsaturated/α-hetero) is 1. The molecule has 1 amide bonds. The summed E-state index contributed by atoms with van der Waals surface area (Å²) in [6.07, 6.45) is -4.72. The van der Waals surface area contributed by atoms with Crippen LogP contribution >= 0.6 is 0 Å². The Labute approximate surface area is 131 Å². The number of aliphatic hydroxyl groups excluding tert-OH is 1. The lowest BCUT2D eigenvalue weighted by Gasteiger charge is -2.28. The first kappa shape index (κ1) is 17.5. The van der Waals surface area contributed by atoms with Gasteiger partial charge in [0.05, 0.1) is 23.6 Å². The number of benzene rings is 1. The fraction of sp³-hybridized carbons (Fsp3) is 0.500. The molecular formula is C16H18F3NO3. The molecule has 1 aliphatic carbocycles. The molecule has 0 saturated heterocycles. The first-order chi connectivity index (χ1) is 10.7. The lowest BCUT2D eigenvalue weighted by molar-refractivity contribution is -0.138. The molecule has 0 spiro atoms. The summed E-state index contributed by atoms with van der Waals surface area (Å²) in [7, 11) is 0. The maximum atomic E-state index is 12.5. The predicted molar refractivity (Wildman–Crippen MR) is 76.4 cm³/mol. The van der Waals surface area contributed by atoms with Crippen LogP contribution in [0.4, 0.5) is 13.2 Å². The van der Waals surface area contributed by atoms with Crippen molar-refractivity contribution in [1.29, 1.82) is 0 Å². The van der Waals surface area contributed by atoms with Crippen LogP contribution in [0.25, 0.3) is 0 Å². The summed E-state index contributed by atoms with van der Waals surface area (Å²) in [5.41, 5.74) is -0.492. The Balaban J connectivity index is 2.02. The number of nitrogens with one attached hydrogen (secondary N) is 1. The van der Waals surface area contributed by atoms with E-state index in [1.807, 2.05) is 0 Å². The molecule has 7 heteroatoms. The third-order valence-electron chi connectivity index (χ3n) is 4.05. The molecule has 1 aromatic rings. The lowest BCUT2D eigenvalue weighted by atomic mass is 9.83. The van der Waals surface area contributed by atoms with E-state index in [0.717, 1.165) is 12.1 Å². The molecule has 0 bridgehead atoms. The van der Waals surface area contributed by atoms with Crippen LogP contribution in [0.3, 0.4) is 0 Å². The average Bonchev–Trinajstić information content (AvgIpc) is 2.48. The van der Waals surface area contributed by atoms with Crippen LogP contribution in [0.5, 0.6) is 0 Å². The molecule has 1 aromatic carbocycles. The van der Waals surface area contributed by atoms with Gasteiger partial charge in [-0.15, -0.1) is 0 Å². The fourth-order valence-electron chi connectivity index (χ4n) is 2.48. The van der Waals surface area contributed by atoms with Crippen LogP contribution in [0, 0.1) is 5.92 Å². The zero-order chi connectivity index (χ0) is 17.2. The van der Waals surface area contributed by atoms with E-state index in [9.17, 15) is 27.9 Å². The van der Waals surface area contributed by atoms with E-state index in [2.05, 4.69) is 5.32 Å². The molecule has 0 radical (unpaired) electrons. The monoisotopic (exact) mass is 329 g/mol. The first-order valence-corrected chi connectivity index (χ1v) is 7.39. The second kappa shape index (κ2) is 6.70. The summed E-state index contributed by atoms with van der Waals surface area (Å²) in [4.78, 5) is 22.9. The normalized spacial score (nSPS) is 18.2.